The van der Waals surface area contributed by atoms with Crippen molar-refractivity contribution in [3.05, 3.63) is 0 Å². The molecular weight excluding hydrogens is 219 g/mol. The zero-order valence-electron chi connectivity index (χ0n) is 9.89. The highest BCUT2D eigenvalue weighted by Gasteiger charge is 1.89. The Labute approximate surface area is 99.2 Å². The molecule has 0 aliphatic heterocycles. The lowest BCUT2D eigenvalue weighted by Crippen LogP contribution is -2.25. The van der Waals surface area contributed by atoms with E-state index in [9.17, 15) is 0 Å². The molecule has 0 amide bonds. The number of hydrogen-bond acceptors (Lipinski definition) is 2. The highest BCUT2D eigenvalue weighted by atomic mass is 35.5. The van der Waals surface area contributed by atoms with Crippen LogP contribution in [0.15, 0.2) is 0 Å². The van der Waals surface area contributed by atoms with Crippen molar-refractivity contribution >= 4 is 23.2 Å². The molecule has 0 aromatic rings. The van der Waals surface area contributed by atoms with E-state index < -0.39 is 0 Å². The van der Waals surface area contributed by atoms with E-state index in [0.29, 0.717) is 0 Å². The molecule has 88 valence electrons. The van der Waals surface area contributed by atoms with Gasteiger partial charge in [-0.15, -0.1) is 23.2 Å². The Morgan fingerprint density at radius 3 is 1.14 bits per heavy atom. The summed E-state index contributed by atoms with van der Waals surface area (Å²) >= 11 is 10.6. The van der Waals surface area contributed by atoms with E-state index in [1.54, 1.807) is 0 Å². The van der Waals surface area contributed by atoms with Gasteiger partial charge in [0.1, 0.15) is 0 Å². The normalized spacial score (nSPS) is 10.3. The summed E-state index contributed by atoms with van der Waals surface area (Å²) in [6.07, 6.45) is 2.09. The lowest BCUT2D eigenvalue weighted by atomic mass is 10.4. The SMILES string of the molecule is CN(C)CCN(C)C.ClCCCCCl. The third-order valence-corrected chi connectivity index (χ3v) is 2.05. The molecule has 2 nitrogen and oxygen atoms in total. The summed E-state index contributed by atoms with van der Waals surface area (Å²) in [5.41, 5.74) is 0. The molecule has 0 saturated carbocycles. The van der Waals surface area contributed by atoms with E-state index in [-0.39, 0.29) is 0 Å². The lowest BCUT2D eigenvalue weighted by Gasteiger charge is -2.13. The molecule has 0 radical (unpaired) electrons. The fraction of sp³-hybridized carbons (Fsp3) is 1.00. The first-order chi connectivity index (χ1) is 6.54. The third kappa shape index (κ3) is 22.9. The molecule has 0 aromatic heterocycles. The summed E-state index contributed by atoms with van der Waals surface area (Å²) < 4.78 is 0. The summed E-state index contributed by atoms with van der Waals surface area (Å²) in [6, 6.07) is 0. The number of rotatable bonds is 6. The van der Waals surface area contributed by atoms with E-state index in [4.69, 9.17) is 23.2 Å². The van der Waals surface area contributed by atoms with Gasteiger partial charge in [-0.05, 0) is 41.0 Å². The topological polar surface area (TPSA) is 6.48 Å². The van der Waals surface area contributed by atoms with Gasteiger partial charge in [-0.2, -0.15) is 0 Å². The van der Waals surface area contributed by atoms with Gasteiger partial charge < -0.3 is 9.80 Å². The Balaban J connectivity index is 0. The zero-order valence-corrected chi connectivity index (χ0v) is 11.4. The van der Waals surface area contributed by atoms with Crippen LogP contribution >= 0.6 is 23.2 Å². The van der Waals surface area contributed by atoms with Crippen molar-refractivity contribution in [1.82, 2.24) is 9.80 Å². The summed E-state index contributed by atoms with van der Waals surface area (Å²) in [7, 11) is 8.35. The van der Waals surface area contributed by atoms with Gasteiger partial charge in [0.2, 0.25) is 0 Å². The van der Waals surface area contributed by atoms with Crippen LogP contribution in [-0.2, 0) is 0 Å². The van der Waals surface area contributed by atoms with E-state index in [1.165, 1.54) is 0 Å². The summed E-state index contributed by atoms with van der Waals surface area (Å²) in [6.45, 7) is 2.29. The van der Waals surface area contributed by atoms with Crippen LogP contribution < -0.4 is 0 Å². The van der Waals surface area contributed by atoms with Crippen LogP contribution in [0, 0.1) is 0 Å². The van der Waals surface area contributed by atoms with E-state index >= 15 is 0 Å². The van der Waals surface area contributed by atoms with Crippen molar-refractivity contribution < 1.29 is 0 Å². The largest absolute Gasteiger partial charge is 0.308 e. The Morgan fingerprint density at radius 1 is 0.714 bits per heavy atom. The second-order valence-corrected chi connectivity index (χ2v) is 4.45. The van der Waals surface area contributed by atoms with Gasteiger partial charge in [0, 0.05) is 24.8 Å². The molecule has 0 aromatic carbocycles. The van der Waals surface area contributed by atoms with Crippen LogP contribution in [0.1, 0.15) is 12.8 Å². The standard InChI is InChI=1S/C6H16N2.C4H8Cl2/c1-7(2)5-6-8(3)4;5-3-1-2-4-6/h5-6H2,1-4H3;1-4H2. The first-order valence-corrected chi connectivity index (χ1v) is 6.02. The highest BCUT2D eigenvalue weighted by molar-refractivity contribution is 6.18. The Morgan fingerprint density at radius 2 is 1.00 bits per heavy atom. The average Bonchev–Trinajstić information content (AvgIpc) is 2.12. The predicted molar refractivity (Wildman–Crippen MR) is 67.8 cm³/mol. The van der Waals surface area contributed by atoms with Gasteiger partial charge in [-0.1, -0.05) is 0 Å². The maximum absolute atomic E-state index is 5.32. The van der Waals surface area contributed by atoms with Crippen molar-refractivity contribution in [1.29, 1.82) is 0 Å². The average molecular weight is 243 g/mol. The van der Waals surface area contributed by atoms with Crippen LogP contribution in [0.3, 0.4) is 0 Å². The van der Waals surface area contributed by atoms with Crippen LogP contribution in [0.4, 0.5) is 0 Å². The van der Waals surface area contributed by atoms with Crippen molar-refractivity contribution in [2.45, 2.75) is 12.8 Å². The number of hydrogen-bond donors (Lipinski definition) is 0. The summed E-state index contributed by atoms with van der Waals surface area (Å²) in [5, 5.41) is 0. The molecule has 0 heterocycles. The summed E-state index contributed by atoms with van der Waals surface area (Å²) in [4.78, 5) is 4.36. The first-order valence-electron chi connectivity index (χ1n) is 4.96. The Bertz CT molecular complexity index is 86.1. The van der Waals surface area contributed by atoms with Crippen LogP contribution in [-0.4, -0.2) is 62.8 Å². The molecule has 0 aliphatic rings. The third-order valence-electron chi connectivity index (χ3n) is 1.51. The van der Waals surface area contributed by atoms with Gasteiger partial charge in [-0.25, -0.2) is 0 Å². The molecule has 0 saturated heterocycles. The lowest BCUT2D eigenvalue weighted by molar-refractivity contribution is 0.320. The number of nitrogens with zero attached hydrogens (tertiary/aromatic N) is 2. The minimum atomic E-state index is 0.743. The first kappa shape index (κ1) is 16.9. The fourth-order valence-electron chi connectivity index (χ4n) is 0.589. The molecule has 0 rings (SSSR count). The maximum Gasteiger partial charge on any atom is 0.0223 e. The number of halogens is 2. The van der Waals surface area contributed by atoms with Gasteiger partial charge >= 0.3 is 0 Å². The highest BCUT2D eigenvalue weighted by Crippen LogP contribution is 1.92. The van der Waals surface area contributed by atoms with Gasteiger partial charge in [0.25, 0.3) is 0 Å². The number of unbranched alkanes of at least 4 members (excludes halogenated alkanes) is 1. The van der Waals surface area contributed by atoms with E-state index in [0.717, 1.165) is 37.7 Å². The van der Waals surface area contributed by atoms with Crippen molar-refractivity contribution in [2.24, 2.45) is 0 Å². The van der Waals surface area contributed by atoms with E-state index in [2.05, 4.69) is 38.0 Å². The molecule has 0 N–H and O–H groups in total. The van der Waals surface area contributed by atoms with Gasteiger partial charge in [-0.3, -0.25) is 0 Å². The minimum absolute atomic E-state index is 0.743. The molecule has 0 atom stereocenters. The second-order valence-electron chi connectivity index (χ2n) is 3.69. The quantitative estimate of drug-likeness (QED) is 0.522. The van der Waals surface area contributed by atoms with Crippen molar-refractivity contribution in [3.8, 4) is 0 Å². The smallest absolute Gasteiger partial charge is 0.0223 e. The molecule has 0 unspecified atom stereocenters. The molecular formula is C10H24Cl2N2. The van der Waals surface area contributed by atoms with Crippen molar-refractivity contribution in [2.75, 3.05) is 53.0 Å². The minimum Gasteiger partial charge on any atom is -0.308 e. The molecule has 0 aliphatic carbocycles. The monoisotopic (exact) mass is 242 g/mol. The second kappa shape index (κ2) is 13.5. The fourth-order valence-corrected chi connectivity index (χ4v) is 0.967. The summed E-state index contributed by atoms with van der Waals surface area (Å²) in [5.74, 6) is 1.49. The predicted octanol–water partition coefficient (Wildman–Crippen LogP) is 2.35. The van der Waals surface area contributed by atoms with Crippen LogP contribution in [0.5, 0.6) is 0 Å². The van der Waals surface area contributed by atoms with Crippen LogP contribution in [0.2, 0.25) is 0 Å². The molecule has 14 heavy (non-hydrogen) atoms. The zero-order chi connectivity index (χ0) is 11.4. The Hall–Kier alpha value is 0.500. The van der Waals surface area contributed by atoms with Crippen molar-refractivity contribution in [3.63, 3.8) is 0 Å². The number of alkyl halides is 2. The number of likely N-dealkylation sites (N-methyl/N-ethyl adjacent to an activating group) is 2. The molecule has 0 fully saturated rings. The maximum atomic E-state index is 5.32. The molecule has 4 heteroatoms. The van der Waals surface area contributed by atoms with Gasteiger partial charge in [0.15, 0.2) is 0 Å². The van der Waals surface area contributed by atoms with Crippen LogP contribution in [0.25, 0.3) is 0 Å². The molecule has 0 bridgehead atoms. The van der Waals surface area contributed by atoms with E-state index in [1.807, 2.05) is 0 Å². The van der Waals surface area contributed by atoms with Gasteiger partial charge in [0.05, 0.1) is 0 Å². The molecule has 0 spiro atoms. The Kier molecular flexibility index (Phi) is 16.3.